The number of carbonyl (C=O) groups excluding carboxylic acids is 1. The van der Waals surface area contributed by atoms with E-state index in [4.69, 9.17) is 0 Å². The fraction of sp³-hybridized carbons (Fsp3) is 0.412. The minimum atomic E-state index is -0.830. The second-order valence-electron chi connectivity index (χ2n) is 6.36. The number of rotatable bonds is 4. The molecule has 0 saturated heterocycles. The topological polar surface area (TPSA) is 58.4 Å². The van der Waals surface area contributed by atoms with Crippen molar-refractivity contribution in [2.45, 2.75) is 31.3 Å². The van der Waals surface area contributed by atoms with E-state index in [9.17, 15) is 18.7 Å². The van der Waals surface area contributed by atoms with Gasteiger partial charge in [0.15, 0.2) is 5.82 Å². The SMILES string of the molecule is CN(CC1(O)CCCC1)C(=O)c1cnn(-c2ccc(F)cc2F)c1. The minimum Gasteiger partial charge on any atom is -0.388 e. The van der Waals surface area contributed by atoms with Crippen molar-refractivity contribution in [3.8, 4) is 5.69 Å². The molecule has 1 aliphatic rings. The van der Waals surface area contributed by atoms with Crippen LogP contribution in [0.1, 0.15) is 36.0 Å². The van der Waals surface area contributed by atoms with Gasteiger partial charge >= 0.3 is 0 Å². The Kier molecular flexibility index (Phi) is 4.36. The second kappa shape index (κ2) is 6.32. The average Bonchev–Trinajstić information content (AvgIpc) is 3.16. The van der Waals surface area contributed by atoms with Crippen molar-refractivity contribution in [2.24, 2.45) is 0 Å². The van der Waals surface area contributed by atoms with Gasteiger partial charge in [-0.15, -0.1) is 0 Å². The van der Waals surface area contributed by atoms with Gasteiger partial charge < -0.3 is 10.0 Å². The molecule has 1 aliphatic carbocycles. The number of aliphatic hydroxyl groups is 1. The smallest absolute Gasteiger partial charge is 0.256 e. The second-order valence-corrected chi connectivity index (χ2v) is 6.36. The molecular weight excluding hydrogens is 316 g/mol. The van der Waals surface area contributed by atoms with E-state index in [2.05, 4.69) is 5.10 Å². The van der Waals surface area contributed by atoms with Crippen molar-refractivity contribution in [1.29, 1.82) is 0 Å². The van der Waals surface area contributed by atoms with Crippen LogP contribution in [0.15, 0.2) is 30.6 Å². The maximum Gasteiger partial charge on any atom is 0.256 e. The highest BCUT2D eigenvalue weighted by Crippen LogP contribution is 2.30. The molecule has 1 aromatic heterocycles. The summed E-state index contributed by atoms with van der Waals surface area (Å²) in [5.41, 5.74) is -0.487. The van der Waals surface area contributed by atoms with Crippen LogP contribution in [-0.2, 0) is 0 Å². The van der Waals surface area contributed by atoms with Crippen LogP contribution in [0.2, 0.25) is 0 Å². The van der Waals surface area contributed by atoms with Gasteiger partial charge in [0.1, 0.15) is 11.5 Å². The van der Waals surface area contributed by atoms with E-state index in [0.29, 0.717) is 12.8 Å². The molecule has 0 bridgehead atoms. The van der Waals surface area contributed by atoms with E-state index in [-0.39, 0.29) is 23.7 Å². The molecule has 0 atom stereocenters. The molecule has 0 aliphatic heterocycles. The molecule has 5 nitrogen and oxygen atoms in total. The van der Waals surface area contributed by atoms with Crippen molar-refractivity contribution < 1.29 is 18.7 Å². The Labute approximate surface area is 138 Å². The summed E-state index contributed by atoms with van der Waals surface area (Å²) in [6, 6.07) is 3.15. The number of halogens is 2. The molecule has 1 N–H and O–H groups in total. The first-order valence-electron chi connectivity index (χ1n) is 7.86. The van der Waals surface area contributed by atoms with Crippen LogP contribution in [0.4, 0.5) is 8.78 Å². The van der Waals surface area contributed by atoms with Crippen molar-refractivity contribution in [3.05, 3.63) is 47.8 Å². The van der Waals surface area contributed by atoms with Gasteiger partial charge in [0, 0.05) is 25.9 Å². The van der Waals surface area contributed by atoms with Gasteiger partial charge in [-0.05, 0) is 25.0 Å². The van der Waals surface area contributed by atoms with Crippen LogP contribution >= 0.6 is 0 Å². The molecule has 7 heteroatoms. The third kappa shape index (κ3) is 3.31. The van der Waals surface area contributed by atoms with Crippen LogP contribution in [0.3, 0.4) is 0 Å². The largest absolute Gasteiger partial charge is 0.388 e. The molecule has 1 amide bonds. The van der Waals surface area contributed by atoms with Gasteiger partial charge in [0.25, 0.3) is 5.91 Å². The molecule has 0 spiro atoms. The quantitative estimate of drug-likeness (QED) is 0.934. The van der Waals surface area contributed by atoms with Gasteiger partial charge in [-0.3, -0.25) is 4.79 Å². The van der Waals surface area contributed by atoms with Crippen LogP contribution in [-0.4, -0.2) is 44.9 Å². The zero-order valence-corrected chi connectivity index (χ0v) is 13.4. The summed E-state index contributed by atoms with van der Waals surface area (Å²) in [5, 5.41) is 14.4. The number of nitrogens with zero attached hydrogens (tertiary/aromatic N) is 3. The van der Waals surface area contributed by atoms with Gasteiger partial charge in [-0.2, -0.15) is 5.10 Å². The van der Waals surface area contributed by atoms with Gasteiger partial charge in [0.2, 0.25) is 0 Å². The summed E-state index contributed by atoms with van der Waals surface area (Å²) in [7, 11) is 1.62. The molecule has 3 rings (SSSR count). The normalized spacial score (nSPS) is 16.3. The van der Waals surface area contributed by atoms with Gasteiger partial charge in [-0.1, -0.05) is 12.8 Å². The number of carbonyl (C=O) groups is 1. The Morgan fingerprint density at radius 3 is 2.75 bits per heavy atom. The van der Waals surface area contributed by atoms with Crippen molar-refractivity contribution in [3.63, 3.8) is 0 Å². The number of hydrogen-bond acceptors (Lipinski definition) is 3. The number of aromatic nitrogens is 2. The Bertz CT molecular complexity index is 754. The first-order valence-corrected chi connectivity index (χ1v) is 7.86. The molecule has 0 radical (unpaired) electrons. The first kappa shape index (κ1) is 16.6. The molecule has 1 fully saturated rings. The summed E-state index contributed by atoms with van der Waals surface area (Å²) in [4.78, 5) is 13.9. The molecule has 24 heavy (non-hydrogen) atoms. The van der Waals surface area contributed by atoms with Gasteiger partial charge in [0.05, 0.1) is 17.4 Å². The third-order valence-electron chi connectivity index (χ3n) is 4.40. The number of hydrogen-bond donors (Lipinski definition) is 1. The van der Waals surface area contributed by atoms with E-state index in [0.717, 1.165) is 25.0 Å². The lowest BCUT2D eigenvalue weighted by atomic mass is 10.0. The first-order chi connectivity index (χ1) is 11.4. The summed E-state index contributed by atoms with van der Waals surface area (Å²) in [5.74, 6) is -1.74. The minimum absolute atomic E-state index is 0.0625. The fourth-order valence-corrected chi connectivity index (χ4v) is 3.16. The number of likely N-dealkylation sites (N-methyl/N-ethyl adjacent to an activating group) is 1. The molecule has 128 valence electrons. The predicted molar refractivity (Wildman–Crippen MR) is 83.9 cm³/mol. The molecule has 1 saturated carbocycles. The van der Waals surface area contributed by atoms with Crippen LogP contribution in [0.5, 0.6) is 0 Å². The third-order valence-corrected chi connectivity index (χ3v) is 4.40. The zero-order valence-electron chi connectivity index (χ0n) is 13.4. The van der Waals surface area contributed by atoms with Crippen LogP contribution < -0.4 is 0 Å². The van der Waals surface area contributed by atoms with Crippen molar-refractivity contribution >= 4 is 5.91 Å². The lowest BCUT2D eigenvalue weighted by molar-refractivity contribution is 0.0157. The van der Waals surface area contributed by atoms with Gasteiger partial charge in [-0.25, -0.2) is 13.5 Å². The Balaban J connectivity index is 1.76. The fourth-order valence-electron chi connectivity index (χ4n) is 3.16. The monoisotopic (exact) mass is 335 g/mol. The van der Waals surface area contributed by atoms with E-state index >= 15 is 0 Å². The maximum atomic E-state index is 13.8. The average molecular weight is 335 g/mol. The zero-order chi connectivity index (χ0) is 17.3. The van der Waals surface area contributed by atoms with Crippen molar-refractivity contribution in [1.82, 2.24) is 14.7 Å². The highest BCUT2D eigenvalue weighted by atomic mass is 19.1. The maximum absolute atomic E-state index is 13.8. The van der Waals surface area contributed by atoms with E-state index in [1.54, 1.807) is 7.05 Å². The van der Waals surface area contributed by atoms with Crippen LogP contribution in [0.25, 0.3) is 5.69 Å². The molecular formula is C17H19F2N3O2. The van der Waals surface area contributed by atoms with Crippen LogP contribution in [0, 0.1) is 11.6 Å². The van der Waals surface area contributed by atoms with E-state index in [1.807, 2.05) is 0 Å². The highest BCUT2D eigenvalue weighted by molar-refractivity contribution is 5.93. The Morgan fingerprint density at radius 1 is 1.38 bits per heavy atom. The van der Waals surface area contributed by atoms with E-state index in [1.165, 1.54) is 28.0 Å². The Morgan fingerprint density at radius 2 is 2.08 bits per heavy atom. The predicted octanol–water partition coefficient (Wildman–Crippen LogP) is 2.53. The highest BCUT2D eigenvalue weighted by Gasteiger charge is 2.33. The number of benzene rings is 1. The summed E-state index contributed by atoms with van der Waals surface area (Å²) in [6.45, 7) is 0.252. The molecule has 1 heterocycles. The Hall–Kier alpha value is -2.28. The summed E-state index contributed by atoms with van der Waals surface area (Å²) < 4.78 is 28.0. The standard InChI is InChI=1S/C17H19F2N3O2/c1-21(11-17(24)6-2-3-7-17)16(23)12-9-20-22(10-12)15-5-4-13(18)8-14(15)19/h4-5,8-10,24H,2-3,6-7,11H2,1H3. The number of amides is 1. The molecule has 1 aromatic carbocycles. The lowest BCUT2D eigenvalue weighted by Gasteiger charge is -2.28. The van der Waals surface area contributed by atoms with E-state index < -0.39 is 17.2 Å². The lowest BCUT2D eigenvalue weighted by Crippen LogP contribution is -2.41. The van der Waals surface area contributed by atoms with Crippen molar-refractivity contribution in [2.75, 3.05) is 13.6 Å². The molecule has 0 unspecified atom stereocenters. The molecule has 2 aromatic rings. The summed E-state index contributed by atoms with van der Waals surface area (Å²) >= 11 is 0. The summed E-state index contributed by atoms with van der Waals surface area (Å²) in [6.07, 6.45) is 6.02.